The van der Waals surface area contributed by atoms with Crippen LogP contribution in [-0.4, -0.2) is 91.2 Å². The van der Waals surface area contributed by atoms with Crippen LogP contribution in [-0.2, 0) is 9.59 Å². The minimum Gasteiger partial charge on any atom is -0.481 e. The highest BCUT2D eigenvalue weighted by molar-refractivity contribution is 6.05. The summed E-state index contributed by atoms with van der Waals surface area (Å²) in [6.07, 6.45) is 2.21. The van der Waals surface area contributed by atoms with Gasteiger partial charge >= 0.3 is 5.97 Å². The summed E-state index contributed by atoms with van der Waals surface area (Å²) < 4.78 is 0. The van der Waals surface area contributed by atoms with Crippen LogP contribution in [0.25, 0.3) is 0 Å². The smallest absolute Gasteiger partial charge is 0.307 e. The van der Waals surface area contributed by atoms with Crippen LogP contribution in [0.5, 0.6) is 0 Å². The van der Waals surface area contributed by atoms with Crippen molar-refractivity contribution in [1.82, 2.24) is 9.80 Å². The van der Waals surface area contributed by atoms with E-state index in [1.54, 1.807) is 6.21 Å². The minimum atomic E-state index is -0.768. The third-order valence-electron chi connectivity index (χ3n) is 5.76. The highest BCUT2D eigenvalue weighted by Crippen LogP contribution is 2.19. The number of rotatable bonds is 5. The molecule has 1 aromatic rings. The third kappa shape index (κ3) is 4.69. The fourth-order valence-corrected chi connectivity index (χ4v) is 4.01. The summed E-state index contributed by atoms with van der Waals surface area (Å²) in [5, 5.41) is 9.11. The molecule has 1 N–H and O–H groups in total. The third-order valence-corrected chi connectivity index (χ3v) is 5.76. The van der Waals surface area contributed by atoms with Crippen LogP contribution in [0.15, 0.2) is 34.3 Å². The number of benzene rings is 1. The van der Waals surface area contributed by atoms with E-state index in [0.717, 1.165) is 24.3 Å². The van der Waals surface area contributed by atoms with Gasteiger partial charge in [0.2, 0.25) is 5.91 Å². The van der Waals surface area contributed by atoms with Gasteiger partial charge in [0.25, 0.3) is 0 Å². The number of hydrogen-bond donors (Lipinski definition) is 1. The quantitative estimate of drug-likeness (QED) is 0.722. The number of amides is 1. The van der Waals surface area contributed by atoms with Crippen molar-refractivity contribution < 1.29 is 14.7 Å². The van der Waals surface area contributed by atoms with Gasteiger partial charge in [-0.05, 0) is 37.2 Å². The predicted molar refractivity (Wildman–Crippen MR) is 115 cm³/mol. The van der Waals surface area contributed by atoms with Crippen LogP contribution < -0.4 is 4.90 Å². The molecule has 0 spiro atoms. The average molecular weight is 407 g/mol. The zero-order valence-corrected chi connectivity index (χ0v) is 16.8. The molecule has 0 radical (unpaired) electrons. The molecule has 8 nitrogen and oxygen atoms in total. The van der Waals surface area contributed by atoms with Gasteiger partial charge in [0.05, 0.1) is 18.7 Å². The maximum Gasteiger partial charge on any atom is 0.307 e. The van der Waals surface area contributed by atoms with E-state index in [4.69, 9.17) is 5.11 Å². The lowest BCUT2D eigenvalue weighted by Gasteiger charge is -2.36. The van der Waals surface area contributed by atoms with Crippen LogP contribution in [0, 0.1) is 17.8 Å². The van der Waals surface area contributed by atoms with Crippen molar-refractivity contribution >= 4 is 29.6 Å². The van der Waals surface area contributed by atoms with E-state index in [1.807, 2.05) is 21.9 Å². The summed E-state index contributed by atoms with van der Waals surface area (Å²) in [5.74, 6) is 5.38. The van der Waals surface area contributed by atoms with E-state index in [2.05, 4.69) is 38.9 Å². The normalized spacial score (nSPS) is 21.6. The fourth-order valence-electron chi connectivity index (χ4n) is 4.01. The largest absolute Gasteiger partial charge is 0.481 e. The Kier molecular flexibility index (Phi) is 6.10. The zero-order valence-electron chi connectivity index (χ0n) is 16.8. The molecule has 2 fully saturated rings. The first-order valence-electron chi connectivity index (χ1n) is 10.2. The Morgan fingerprint density at radius 3 is 2.57 bits per heavy atom. The number of amidine groups is 1. The molecule has 2 saturated heterocycles. The van der Waals surface area contributed by atoms with Gasteiger partial charge in [0.15, 0.2) is 5.84 Å². The lowest BCUT2D eigenvalue weighted by molar-refractivity contribution is -0.141. The van der Waals surface area contributed by atoms with E-state index in [1.165, 1.54) is 0 Å². The topological polar surface area (TPSA) is 88.8 Å². The summed E-state index contributed by atoms with van der Waals surface area (Å²) in [6, 6.07) is 8.15. The highest BCUT2D eigenvalue weighted by Gasteiger charge is 2.30. The molecule has 3 aliphatic heterocycles. The molecule has 1 atom stereocenters. The first-order valence-corrected chi connectivity index (χ1v) is 10.2. The van der Waals surface area contributed by atoms with Crippen molar-refractivity contribution in [2.45, 2.75) is 6.42 Å². The Bertz CT molecular complexity index is 920. The molecule has 8 heteroatoms. The monoisotopic (exact) mass is 407 g/mol. The second kappa shape index (κ2) is 9.09. The van der Waals surface area contributed by atoms with E-state index in [0.29, 0.717) is 51.5 Å². The molecule has 0 aliphatic carbocycles. The summed E-state index contributed by atoms with van der Waals surface area (Å²) in [5.41, 5.74) is 2.07. The van der Waals surface area contributed by atoms with Crippen molar-refractivity contribution in [3.05, 3.63) is 29.8 Å². The highest BCUT2D eigenvalue weighted by atomic mass is 16.4. The van der Waals surface area contributed by atoms with E-state index in [-0.39, 0.29) is 11.8 Å². The average Bonchev–Trinajstić information content (AvgIpc) is 3.07. The molecule has 0 saturated carbocycles. The van der Waals surface area contributed by atoms with Gasteiger partial charge < -0.3 is 14.9 Å². The van der Waals surface area contributed by atoms with Gasteiger partial charge in [0, 0.05) is 44.0 Å². The van der Waals surface area contributed by atoms with Gasteiger partial charge in [-0.2, -0.15) is 0 Å². The first kappa shape index (κ1) is 20.1. The van der Waals surface area contributed by atoms with Crippen molar-refractivity contribution in [1.29, 1.82) is 0 Å². The molecule has 1 amide bonds. The molecular weight excluding hydrogens is 382 g/mol. The lowest BCUT2D eigenvalue weighted by Crippen LogP contribution is -2.51. The molecule has 3 heterocycles. The molecule has 3 aliphatic rings. The molecule has 0 bridgehead atoms. The molecule has 4 rings (SSSR count). The summed E-state index contributed by atoms with van der Waals surface area (Å²) >= 11 is 0. The Balaban J connectivity index is 1.27. The Labute approximate surface area is 175 Å². The number of carbonyl (C=O) groups is 2. The summed E-state index contributed by atoms with van der Waals surface area (Å²) in [4.78, 5) is 38.4. The van der Waals surface area contributed by atoms with Crippen molar-refractivity contribution in [2.75, 3.05) is 57.3 Å². The Hall–Kier alpha value is -3.18. The summed E-state index contributed by atoms with van der Waals surface area (Å²) in [7, 11) is 0. The maximum absolute atomic E-state index is 12.6. The number of nitrogens with zero attached hydrogens (tertiary/aromatic N) is 5. The number of carboxylic acid groups (broad SMARTS) is 1. The van der Waals surface area contributed by atoms with Crippen molar-refractivity contribution in [2.24, 2.45) is 15.9 Å². The Morgan fingerprint density at radius 2 is 1.87 bits per heavy atom. The molecule has 156 valence electrons. The van der Waals surface area contributed by atoms with Gasteiger partial charge in [-0.1, -0.05) is 11.8 Å². The van der Waals surface area contributed by atoms with E-state index < -0.39 is 5.97 Å². The van der Waals surface area contributed by atoms with Crippen LogP contribution >= 0.6 is 0 Å². The fraction of sp³-hybridized carbons (Fsp3) is 0.455. The number of aliphatic carboxylic acids is 1. The second-order valence-electron chi connectivity index (χ2n) is 7.69. The van der Waals surface area contributed by atoms with Gasteiger partial charge in [0.1, 0.15) is 6.54 Å². The SMILES string of the molecule is O=C(O)[C@@H]1CCN(CC(=O)N2CCN(c3ccc(C4=NCC#CC=N4)cc3)CC2)C1. The van der Waals surface area contributed by atoms with Gasteiger partial charge in [-0.3, -0.25) is 19.5 Å². The first-order chi connectivity index (χ1) is 14.6. The summed E-state index contributed by atoms with van der Waals surface area (Å²) in [6.45, 7) is 4.80. The number of piperazine rings is 1. The number of carboxylic acids is 1. The van der Waals surface area contributed by atoms with Crippen LogP contribution in [0.4, 0.5) is 5.69 Å². The van der Waals surface area contributed by atoms with E-state index in [9.17, 15) is 9.59 Å². The zero-order chi connectivity index (χ0) is 20.9. The molecule has 1 aromatic carbocycles. The van der Waals surface area contributed by atoms with Crippen molar-refractivity contribution in [3.8, 4) is 11.8 Å². The second-order valence-corrected chi connectivity index (χ2v) is 7.69. The van der Waals surface area contributed by atoms with Crippen LogP contribution in [0.3, 0.4) is 0 Å². The standard InChI is InChI=1S/C22H25N5O3/c28-20(16-25-10-7-18(15-25)22(29)30)27-13-11-26(12-14-27)19-5-3-17(4-6-19)21-23-8-1-2-9-24-21/h3-6,8,18H,7,9-16H2,(H,29,30)/t18-/m1/s1. The lowest BCUT2D eigenvalue weighted by atomic mass is 10.1. The van der Waals surface area contributed by atoms with E-state index >= 15 is 0 Å². The predicted octanol–water partition coefficient (Wildman–Crippen LogP) is 0.576. The number of hydrogen-bond acceptors (Lipinski definition) is 6. The molecule has 0 unspecified atom stereocenters. The number of anilines is 1. The minimum absolute atomic E-state index is 0.0856. The number of aliphatic imine (C=N–C) groups is 2. The van der Waals surface area contributed by atoms with Crippen LogP contribution in [0.2, 0.25) is 0 Å². The van der Waals surface area contributed by atoms with Gasteiger partial charge in [-0.25, -0.2) is 4.99 Å². The Morgan fingerprint density at radius 1 is 1.10 bits per heavy atom. The van der Waals surface area contributed by atoms with Crippen molar-refractivity contribution in [3.63, 3.8) is 0 Å². The van der Waals surface area contributed by atoms with Crippen LogP contribution in [0.1, 0.15) is 12.0 Å². The van der Waals surface area contributed by atoms with Gasteiger partial charge in [-0.15, -0.1) is 0 Å². The molecule has 0 aromatic heterocycles. The molecular formula is C22H25N5O3. The number of carbonyl (C=O) groups excluding carboxylic acids is 1. The number of likely N-dealkylation sites (tertiary alicyclic amines) is 1. The maximum atomic E-state index is 12.6. The molecule has 30 heavy (non-hydrogen) atoms.